The van der Waals surface area contributed by atoms with Crippen LogP contribution in [-0.2, 0) is 25.4 Å². The van der Waals surface area contributed by atoms with Gasteiger partial charge >= 0.3 is 12.2 Å². The van der Waals surface area contributed by atoms with E-state index in [-0.39, 0.29) is 13.2 Å². The van der Waals surface area contributed by atoms with E-state index in [1.807, 2.05) is 48.5 Å². The van der Waals surface area contributed by atoms with Crippen LogP contribution >= 0.6 is 0 Å². The molecular formula is C35H54N2O6. The maximum Gasteiger partial charge on any atom is 0.411 e. The van der Waals surface area contributed by atoms with Crippen molar-refractivity contribution in [1.29, 1.82) is 0 Å². The number of unbranched alkanes of at least 4 members (excludes halogenated alkanes) is 2. The molecule has 0 spiro atoms. The minimum Gasteiger partial charge on any atom is -0.447 e. The standard InChI is InChI=1S/C35H54N2O6/c1-5-9-11-28(7-3)26-40-21-23-42-34(38)36-32-17-13-30(14-18-32)25-31-15-19-33(20-16-31)37-35(39)43-24-22-41-27-29(8-4)12-10-6-2/h13-20,28-29H,5-12,21-27H2,1-4H3,(H,36,38)(H,37,39). The number of nitrogens with one attached hydrogen (secondary N) is 2. The van der Waals surface area contributed by atoms with Gasteiger partial charge in [-0.15, -0.1) is 0 Å². The highest BCUT2D eigenvalue weighted by Crippen LogP contribution is 2.17. The van der Waals surface area contributed by atoms with E-state index in [0.29, 0.717) is 49.6 Å². The van der Waals surface area contributed by atoms with E-state index in [0.717, 1.165) is 30.4 Å². The van der Waals surface area contributed by atoms with Gasteiger partial charge in [0.1, 0.15) is 13.2 Å². The lowest BCUT2D eigenvalue weighted by Crippen LogP contribution is -2.18. The fourth-order valence-electron chi connectivity index (χ4n) is 4.64. The Morgan fingerprint density at radius 2 is 1.00 bits per heavy atom. The van der Waals surface area contributed by atoms with Crippen molar-refractivity contribution < 1.29 is 28.5 Å². The zero-order valence-corrected chi connectivity index (χ0v) is 26.8. The second-order valence-electron chi connectivity index (χ2n) is 11.1. The van der Waals surface area contributed by atoms with Crippen LogP contribution in [0.4, 0.5) is 21.0 Å². The fourth-order valence-corrected chi connectivity index (χ4v) is 4.64. The number of carbonyl (C=O) groups is 2. The molecule has 0 aliphatic carbocycles. The van der Waals surface area contributed by atoms with E-state index in [9.17, 15) is 9.59 Å². The van der Waals surface area contributed by atoms with Gasteiger partial charge in [-0.25, -0.2) is 9.59 Å². The molecule has 43 heavy (non-hydrogen) atoms. The summed E-state index contributed by atoms with van der Waals surface area (Å²) in [4.78, 5) is 24.2. The second-order valence-corrected chi connectivity index (χ2v) is 11.1. The van der Waals surface area contributed by atoms with Crippen LogP contribution in [-0.4, -0.2) is 51.8 Å². The van der Waals surface area contributed by atoms with Crippen molar-refractivity contribution in [2.45, 2.75) is 85.5 Å². The van der Waals surface area contributed by atoms with E-state index in [2.05, 4.69) is 38.3 Å². The molecule has 2 aromatic rings. The predicted molar refractivity (Wildman–Crippen MR) is 174 cm³/mol. The van der Waals surface area contributed by atoms with Crippen LogP contribution in [0.1, 0.15) is 90.2 Å². The van der Waals surface area contributed by atoms with Crippen molar-refractivity contribution in [2.75, 3.05) is 50.3 Å². The monoisotopic (exact) mass is 598 g/mol. The number of hydrogen-bond acceptors (Lipinski definition) is 6. The molecule has 2 rings (SSSR count). The van der Waals surface area contributed by atoms with Crippen LogP contribution in [0.25, 0.3) is 0 Å². The number of rotatable bonds is 22. The molecule has 2 unspecified atom stereocenters. The van der Waals surface area contributed by atoms with Crippen LogP contribution < -0.4 is 10.6 Å². The first-order valence-corrected chi connectivity index (χ1v) is 16.2. The minimum atomic E-state index is -0.490. The number of ether oxygens (including phenoxy) is 4. The number of carbonyl (C=O) groups excluding carboxylic acids is 2. The molecule has 240 valence electrons. The smallest absolute Gasteiger partial charge is 0.411 e. The Bertz CT molecular complexity index is 930. The molecule has 0 fully saturated rings. The minimum absolute atomic E-state index is 0.226. The molecule has 0 aliphatic heterocycles. The van der Waals surface area contributed by atoms with E-state index < -0.39 is 12.2 Å². The van der Waals surface area contributed by atoms with Crippen LogP contribution in [0.15, 0.2) is 48.5 Å². The van der Waals surface area contributed by atoms with Crippen molar-refractivity contribution in [2.24, 2.45) is 11.8 Å². The Balaban J connectivity index is 1.63. The zero-order chi connectivity index (χ0) is 31.1. The normalized spacial score (nSPS) is 12.4. The molecule has 0 aromatic heterocycles. The lowest BCUT2D eigenvalue weighted by molar-refractivity contribution is 0.0558. The van der Waals surface area contributed by atoms with Gasteiger partial charge in [-0.3, -0.25) is 10.6 Å². The second kappa shape index (κ2) is 22.4. The molecule has 0 aliphatic rings. The van der Waals surface area contributed by atoms with Gasteiger partial charge in [-0.2, -0.15) is 0 Å². The van der Waals surface area contributed by atoms with Gasteiger partial charge < -0.3 is 18.9 Å². The molecule has 0 radical (unpaired) electrons. The molecule has 0 saturated heterocycles. The third-order valence-corrected chi connectivity index (χ3v) is 7.52. The summed E-state index contributed by atoms with van der Waals surface area (Å²) in [7, 11) is 0. The lowest BCUT2D eigenvalue weighted by Gasteiger charge is -2.14. The van der Waals surface area contributed by atoms with E-state index >= 15 is 0 Å². The summed E-state index contributed by atoms with van der Waals surface area (Å²) in [6, 6.07) is 15.3. The topological polar surface area (TPSA) is 95.1 Å². The Labute approximate surface area is 259 Å². The number of anilines is 2. The maximum absolute atomic E-state index is 12.1. The Morgan fingerprint density at radius 3 is 1.35 bits per heavy atom. The van der Waals surface area contributed by atoms with Crippen LogP contribution in [0, 0.1) is 11.8 Å². The van der Waals surface area contributed by atoms with Crippen molar-refractivity contribution in [3.8, 4) is 0 Å². The summed E-state index contributed by atoms with van der Waals surface area (Å²) in [6.07, 6.45) is 9.14. The van der Waals surface area contributed by atoms with Gasteiger partial charge in [0, 0.05) is 24.6 Å². The maximum atomic E-state index is 12.1. The third-order valence-electron chi connectivity index (χ3n) is 7.52. The molecule has 0 heterocycles. The number of amides is 2. The Morgan fingerprint density at radius 1 is 0.605 bits per heavy atom. The van der Waals surface area contributed by atoms with Crippen LogP contribution in [0.2, 0.25) is 0 Å². The molecule has 8 heteroatoms. The van der Waals surface area contributed by atoms with Gasteiger partial charge in [0.25, 0.3) is 0 Å². The summed E-state index contributed by atoms with van der Waals surface area (Å²) < 4.78 is 21.9. The number of benzene rings is 2. The predicted octanol–water partition coefficient (Wildman–Crippen LogP) is 8.84. The SMILES string of the molecule is CCCCC(CC)COCCOC(=O)Nc1ccc(Cc2ccc(NC(=O)OCCOCC(CC)CCCC)cc2)cc1. The van der Waals surface area contributed by atoms with Gasteiger partial charge in [-0.1, -0.05) is 90.5 Å². The van der Waals surface area contributed by atoms with E-state index in [1.165, 1.54) is 38.5 Å². The first kappa shape index (κ1) is 36.1. The summed E-state index contributed by atoms with van der Waals surface area (Å²) >= 11 is 0. The van der Waals surface area contributed by atoms with Crippen molar-refractivity contribution in [1.82, 2.24) is 0 Å². The third kappa shape index (κ3) is 16.4. The van der Waals surface area contributed by atoms with Crippen molar-refractivity contribution in [3.63, 3.8) is 0 Å². The highest BCUT2D eigenvalue weighted by atomic mass is 16.6. The lowest BCUT2D eigenvalue weighted by atomic mass is 10.0. The Kier molecular flexibility index (Phi) is 18.8. The van der Waals surface area contributed by atoms with Gasteiger partial charge in [0.05, 0.1) is 13.2 Å². The van der Waals surface area contributed by atoms with Crippen molar-refractivity contribution >= 4 is 23.6 Å². The van der Waals surface area contributed by atoms with Crippen molar-refractivity contribution in [3.05, 3.63) is 59.7 Å². The summed E-state index contributed by atoms with van der Waals surface area (Å²) in [5, 5.41) is 5.51. The Hall–Kier alpha value is -3.10. The van der Waals surface area contributed by atoms with Crippen LogP contribution in [0.3, 0.4) is 0 Å². The quantitative estimate of drug-likeness (QED) is 0.132. The highest BCUT2D eigenvalue weighted by molar-refractivity contribution is 5.85. The molecular weight excluding hydrogens is 544 g/mol. The summed E-state index contributed by atoms with van der Waals surface area (Å²) in [5.41, 5.74) is 3.54. The molecule has 2 N–H and O–H groups in total. The van der Waals surface area contributed by atoms with Gasteiger partial charge in [0.2, 0.25) is 0 Å². The zero-order valence-electron chi connectivity index (χ0n) is 26.8. The molecule has 0 bridgehead atoms. The largest absolute Gasteiger partial charge is 0.447 e. The van der Waals surface area contributed by atoms with E-state index in [1.54, 1.807) is 0 Å². The first-order chi connectivity index (χ1) is 21.0. The average Bonchev–Trinajstić information content (AvgIpc) is 3.01. The van der Waals surface area contributed by atoms with Gasteiger partial charge in [-0.05, 0) is 66.5 Å². The summed E-state index contributed by atoms with van der Waals surface area (Å²) in [5.74, 6) is 1.14. The van der Waals surface area contributed by atoms with Crippen LogP contribution in [0.5, 0.6) is 0 Å². The summed E-state index contributed by atoms with van der Waals surface area (Å²) in [6.45, 7) is 11.4. The molecule has 0 saturated carbocycles. The molecule has 2 amide bonds. The molecule has 2 atom stereocenters. The fraction of sp³-hybridized carbons (Fsp3) is 0.600. The number of hydrogen-bond donors (Lipinski definition) is 2. The average molecular weight is 599 g/mol. The first-order valence-electron chi connectivity index (χ1n) is 16.2. The van der Waals surface area contributed by atoms with Gasteiger partial charge in [0.15, 0.2) is 0 Å². The molecule has 2 aromatic carbocycles. The molecule has 8 nitrogen and oxygen atoms in total. The highest BCUT2D eigenvalue weighted by Gasteiger charge is 2.09. The van der Waals surface area contributed by atoms with E-state index in [4.69, 9.17) is 18.9 Å².